The normalized spacial score (nSPS) is 20.9. The van der Waals surface area contributed by atoms with Gasteiger partial charge in [-0.2, -0.15) is 5.26 Å². The highest BCUT2D eigenvalue weighted by Crippen LogP contribution is 2.29. The maximum absolute atomic E-state index is 10.7. The molecule has 1 fully saturated rings. The molecule has 2 unspecified atom stereocenters. The van der Waals surface area contributed by atoms with Crippen molar-refractivity contribution in [1.82, 2.24) is 4.90 Å². The maximum atomic E-state index is 10.7. The molecule has 1 aromatic carbocycles. The van der Waals surface area contributed by atoms with Gasteiger partial charge in [-0.3, -0.25) is 9.69 Å². The number of nitrogens with zero attached hydrogens (tertiary/aromatic N) is 2. The van der Waals surface area contributed by atoms with Crippen LogP contribution in [-0.2, 0) is 4.79 Å². The highest BCUT2D eigenvalue weighted by atomic mass is 16.4. The second-order valence-electron chi connectivity index (χ2n) is 5.16. The molecular weight excluding hydrogens is 240 g/mol. The van der Waals surface area contributed by atoms with Crippen LogP contribution < -0.4 is 0 Å². The van der Waals surface area contributed by atoms with Crippen molar-refractivity contribution in [1.29, 1.82) is 5.26 Å². The van der Waals surface area contributed by atoms with E-state index in [0.717, 1.165) is 25.1 Å². The van der Waals surface area contributed by atoms with Crippen LogP contribution in [0.25, 0.3) is 0 Å². The number of nitriles is 1. The molecule has 1 aromatic rings. The molecule has 0 aromatic heterocycles. The lowest BCUT2D eigenvalue weighted by molar-refractivity contribution is -0.138. The lowest BCUT2D eigenvalue weighted by Crippen LogP contribution is -2.25. The molecule has 1 saturated heterocycles. The summed E-state index contributed by atoms with van der Waals surface area (Å²) in [5, 5.41) is 17.8. The van der Waals surface area contributed by atoms with E-state index in [-0.39, 0.29) is 18.4 Å². The van der Waals surface area contributed by atoms with Crippen LogP contribution in [-0.4, -0.2) is 29.1 Å². The van der Waals surface area contributed by atoms with Crippen LogP contribution in [0.1, 0.15) is 36.9 Å². The van der Waals surface area contributed by atoms with E-state index in [1.54, 1.807) is 6.07 Å². The number of carbonyl (C=O) groups is 1. The first-order chi connectivity index (χ1) is 9.10. The SMILES string of the molecule is CC(c1cccc(C#N)c1)N1CCC(CC(=O)O)C1. The van der Waals surface area contributed by atoms with Gasteiger partial charge in [0.15, 0.2) is 0 Å². The van der Waals surface area contributed by atoms with E-state index < -0.39 is 5.97 Å². The van der Waals surface area contributed by atoms with E-state index in [9.17, 15) is 4.79 Å². The van der Waals surface area contributed by atoms with Crippen LogP contribution >= 0.6 is 0 Å². The second-order valence-corrected chi connectivity index (χ2v) is 5.16. The molecule has 0 bridgehead atoms. The fourth-order valence-electron chi connectivity index (χ4n) is 2.71. The highest BCUT2D eigenvalue weighted by molar-refractivity contribution is 5.67. The number of hydrogen-bond donors (Lipinski definition) is 1. The molecule has 2 atom stereocenters. The summed E-state index contributed by atoms with van der Waals surface area (Å²) in [6, 6.07) is 10.0. The van der Waals surface area contributed by atoms with Crippen molar-refractivity contribution in [2.24, 2.45) is 5.92 Å². The standard InChI is InChI=1S/C15H18N2O2/c1-11(14-4-2-3-12(7-14)9-16)17-6-5-13(10-17)8-15(18)19/h2-4,7,11,13H,5-6,8,10H2,1H3,(H,18,19). The monoisotopic (exact) mass is 258 g/mol. The first-order valence-corrected chi connectivity index (χ1v) is 6.56. The Morgan fingerprint density at radius 3 is 3.11 bits per heavy atom. The third kappa shape index (κ3) is 3.33. The summed E-state index contributed by atoms with van der Waals surface area (Å²) in [6.45, 7) is 3.86. The van der Waals surface area contributed by atoms with Crippen LogP contribution in [0, 0.1) is 17.2 Å². The average Bonchev–Trinajstić information content (AvgIpc) is 2.85. The van der Waals surface area contributed by atoms with E-state index in [4.69, 9.17) is 10.4 Å². The summed E-state index contributed by atoms with van der Waals surface area (Å²) >= 11 is 0. The molecule has 1 aliphatic heterocycles. The van der Waals surface area contributed by atoms with E-state index in [1.165, 1.54) is 0 Å². The van der Waals surface area contributed by atoms with Crippen LogP contribution in [0.4, 0.5) is 0 Å². The number of hydrogen-bond acceptors (Lipinski definition) is 3. The summed E-state index contributed by atoms with van der Waals surface area (Å²) in [4.78, 5) is 13.0. The summed E-state index contributed by atoms with van der Waals surface area (Å²) in [5.41, 5.74) is 1.79. The van der Waals surface area contributed by atoms with Gasteiger partial charge >= 0.3 is 5.97 Å². The third-order valence-corrected chi connectivity index (χ3v) is 3.83. The molecule has 4 nitrogen and oxygen atoms in total. The number of benzene rings is 1. The number of rotatable bonds is 4. The summed E-state index contributed by atoms with van der Waals surface area (Å²) < 4.78 is 0. The molecule has 19 heavy (non-hydrogen) atoms. The summed E-state index contributed by atoms with van der Waals surface area (Å²) in [5.74, 6) is -0.468. The minimum Gasteiger partial charge on any atom is -0.481 e. The van der Waals surface area contributed by atoms with Gasteiger partial charge in [0.2, 0.25) is 0 Å². The van der Waals surface area contributed by atoms with Crippen LogP contribution in [0.2, 0.25) is 0 Å². The van der Waals surface area contributed by atoms with E-state index in [2.05, 4.69) is 17.9 Å². The average molecular weight is 258 g/mol. The van der Waals surface area contributed by atoms with Crippen molar-refractivity contribution in [2.45, 2.75) is 25.8 Å². The first-order valence-electron chi connectivity index (χ1n) is 6.56. The van der Waals surface area contributed by atoms with Gasteiger partial charge in [0.25, 0.3) is 0 Å². The van der Waals surface area contributed by atoms with Crippen molar-refractivity contribution in [2.75, 3.05) is 13.1 Å². The zero-order valence-corrected chi connectivity index (χ0v) is 11.0. The Hall–Kier alpha value is -1.86. The Bertz CT molecular complexity index is 507. The first kappa shape index (κ1) is 13.6. The van der Waals surface area contributed by atoms with E-state index in [1.807, 2.05) is 18.2 Å². The van der Waals surface area contributed by atoms with E-state index >= 15 is 0 Å². The van der Waals surface area contributed by atoms with Gasteiger partial charge in [0.05, 0.1) is 11.6 Å². The molecule has 0 saturated carbocycles. The Kier molecular flexibility index (Phi) is 4.18. The van der Waals surface area contributed by atoms with Crippen molar-refractivity contribution >= 4 is 5.97 Å². The molecule has 1 N–H and O–H groups in total. The topological polar surface area (TPSA) is 64.3 Å². The van der Waals surface area contributed by atoms with Gasteiger partial charge in [-0.1, -0.05) is 12.1 Å². The highest BCUT2D eigenvalue weighted by Gasteiger charge is 2.28. The van der Waals surface area contributed by atoms with Gasteiger partial charge in [0, 0.05) is 19.0 Å². The molecule has 0 amide bonds. The van der Waals surface area contributed by atoms with Gasteiger partial charge in [-0.25, -0.2) is 0 Å². The number of carboxylic acid groups (broad SMARTS) is 1. The molecule has 0 spiro atoms. The van der Waals surface area contributed by atoms with Crippen molar-refractivity contribution in [3.63, 3.8) is 0 Å². The fourth-order valence-corrected chi connectivity index (χ4v) is 2.71. The molecular formula is C15H18N2O2. The van der Waals surface area contributed by atoms with Crippen LogP contribution in [0.3, 0.4) is 0 Å². The van der Waals surface area contributed by atoms with Crippen LogP contribution in [0.5, 0.6) is 0 Å². The predicted octanol–water partition coefficient (Wildman–Crippen LogP) is 2.42. The number of likely N-dealkylation sites (tertiary alicyclic amines) is 1. The lowest BCUT2D eigenvalue weighted by atomic mass is 10.0. The zero-order chi connectivity index (χ0) is 13.8. The Morgan fingerprint density at radius 1 is 1.63 bits per heavy atom. The Morgan fingerprint density at radius 2 is 2.42 bits per heavy atom. The minimum absolute atomic E-state index is 0.229. The Labute approximate surface area is 113 Å². The smallest absolute Gasteiger partial charge is 0.303 e. The van der Waals surface area contributed by atoms with Gasteiger partial charge < -0.3 is 5.11 Å². The second kappa shape index (κ2) is 5.85. The van der Waals surface area contributed by atoms with Crippen molar-refractivity contribution in [3.05, 3.63) is 35.4 Å². The number of carboxylic acids is 1. The summed E-state index contributed by atoms with van der Waals surface area (Å²) in [6.07, 6.45) is 1.19. The predicted molar refractivity (Wildman–Crippen MR) is 71.5 cm³/mol. The lowest BCUT2D eigenvalue weighted by Gasteiger charge is -2.24. The van der Waals surface area contributed by atoms with Crippen LogP contribution in [0.15, 0.2) is 24.3 Å². The molecule has 0 aliphatic carbocycles. The fraction of sp³-hybridized carbons (Fsp3) is 0.467. The summed E-state index contributed by atoms with van der Waals surface area (Å²) in [7, 11) is 0. The van der Waals surface area contributed by atoms with Gasteiger partial charge in [-0.05, 0) is 43.5 Å². The molecule has 2 rings (SSSR count). The molecule has 0 radical (unpaired) electrons. The largest absolute Gasteiger partial charge is 0.481 e. The zero-order valence-electron chi connectivity index (χ0n) is 11.0. The number of aliphatic carboxylic acids is 1. The van der Waals surface area contributed by atoms with Crippen molar-refractivity contribution < 1.29 is 9.90 Å². The van der Waals surface area contributed by atoms with Gasteiger partial charge in [0.1, 0.15) is 0 Å². The quantitative estimate of drug-likeness (QED) is 0.900. The Balaban J connectivity index is 2.02. The molecule has 1 heterocycles. The van der Waals surface area contributed by atoms with E-state index in [0.29, 0.717) is 5.56 Å². The molecule has 4 heteroatoms. The molecule has 1 aliphatic rings. The van der Waals surface area contributed by atoms with Crippen molar-refractivity contribution in [3.8, 4) is 6.07 Å². The molecule has 100 valence electrons. The maximum Gasteiger partial charge on any atom is 0.303 e. The minimum atomic E-state index is -0.717. The van der Waals surface area contributed by atoms with Gasteiger partial charge in [-0.15, -0.1) is 0 Å². The third-order valence-electron chi connectivity index (χ3n) is 3.83.